The molecule has 0 aromatic rings. The Balaban J connectivity index is -0.0000000833. The molecule has 5 nitrogen and oxygen atoms in total. The van der Waals surface area contributed by atoms with Crippen LogP contribution in [0.4, 0.5) is 0 Å². The molecule has 0 fully saturated rings. The van der Waals surface area contributed by atoms with E-state index in [9.17, 15) is 4.79 Å². The fourth-order valence-corrected chi connectivity index (χ4v) is 0.744. The summed E-state index contributed by atoms with van der Waals surface area (Å²) < 4.78 is 0. The molecule has 0 aliphatic carbocycles. The van der Waals surface area contributed by atoms with Crippen LogP contribution in [0.3, 0.4) is 0 Å². The number of aliphatic carboxylic acids is 1. The zero-order chi connectivity index (χ0) is 8.69. The second-order valence-corrected chi connectivity index (χ2v) is 2.12. The van der Waals surface area contributed by atoms with Gasteiger partial charge in [0.15, 0.2) is 0 Å². The van der Waals surface area contributed by atoms with E-state index in [1.807, 2.05) is 0 Å². The molecule has 0 saturated carbocycles. The Kier molecular flexibility index (Phi) is 20.4. The van der Waals surface area contributed by atoms with Crippen molar-refractivity contribution in [1.29, 1.82) is 0 Å². The second-order valence-electron chi connectivity index (χ2n) is 2.12. The van der Waals surface area contributed by atoms with E-state index in [-0.39, 0.29) is 94.8 Å². The van der Waals surface area contributed by atoms with Gasteiger partial charge in [0, 0.05) is 13.1 Å². The van der Waals surface area contributed by atoms with E-state index in [0.29, 0.717) is 0 Å². The van der Waals surface area contributed by atoms with Crippen molar-refractivity contribution in [3.63, 3.8) is 0 Å². The number of carboxylic acids is 1. The summed E-state index contributed by atoms with van der Waals surface area (Å²) in [5.74, 6) is -0.952. The van der Waals surface area contributed by atoms with Crippen LogP contribution in [0, 0.1) is 0 Å². The Hall–Kier alpha value is 1.35. The largest absolute Gasteiger partial charge is 1.00 e. The Labute approximate surface area is 125 Å². The minimum atomic E-state index is -0.952. The monoisotopic (exact) mass is 211 g/mol. The van der Waals surface area contributed by atoms with E-state index < -0.39 is 5.97 Å². The zero-order valence-corrected chi connectivity index (χ0v) is 12.2. The minimum absolute atomic E-state index is 0. The minimum Gasteiger partial charge on any atom is -1.00 e. The molecule has 0 radical (unpaired) electrons. The molecule has 0 rings (SSSR count). The molecular weight excluding hydrogens is 196 g/mol. The number of carbonyl (C=O) groups is 1. The van der Waals surface area contributed by atoms with Gasteiger partial charge in [-0.05, 0) is 0 Å². The molecule has 0 bridgehead atoms. The second kappa shape index (κ2) is 13.4. The predicted molar refractivity (Wildman–Crippen MR) is 40.5 cm³/mol. The maximum absolute atomic E-state index is 10.2. The molecular formula is C6H15NNa2O4. The molecule has 0 spiro atoms. The van der Waals surface area contributed by atoms with Crippen LogP contribution in [0.15, 0.2) is 0 Å². The van der Waals surface area contributed by atoms with Gasteiger partial charge in [0.05, 0.1) is 19.8 Å². The Bertz CT molecular complexity index is 128. The molecule has 0 unspecified atom stereocenters. The van der Waals surface area contributed by atoms with Crippen LogP contribution in [-0.2, 0) is 4.79 Å². The van der Waals surface area contributed by atoms with Crippen molar-refractivity contribution < 1.29 is 82.1 Å². The van der Waals surface area contributed by atoms with Gasteiger partial charge in [-0.2, -0.15) is 0 Å². The third-order valence-electron chi connectivity index (χ3n) is 1.19. The van der Waals surface area contributed by atoms with Crippen LogP contribution < -0.4 is 59.1 Å². The quantitative estimate of drug-likeness (QED) is 0.380. The van der Waals surface area contributed by atoms with Gasteiger partial charge >= 0.3 is 65.1 Å². The van der Waals surface area contributed by atoms with Gasteiger partial charge in [0.2, 0.25) is 0 Å². The maximum Gasteiger partial charge on any atom is 1.00 e. The predicted octanol–water partition coefficient (Wildman–Crippen LogP) is -7.41. The van der Waals surface area contributed by atoms with Crippen molar-refractivity contribution >= 4 is 5.97 Å². The van der Waals surface area contributed by atoms with Gasteiger partial charge in [0.1, 0.15) is 0 Å². The van der Waals surface area contributed by atoms with Crippen molar-refractivity contribution in [3.05, 3.63) is 0 Å². The van der Waals surface area contributed by atoms with Crippen molar-refractivity contribution in [2.45, 2.75) is 0 Å². The first-order valence-corrected chi connectivity index (χ1v) is 3.36. The molecule has 70 valence electrons. The smallest absolute Gasteiger partial charge is 1.00 e. The molecule has 7 heteroatoms. The maximum atomic E-state index is 10.2. The summed E-state index contributed by atoms with van der Waals surface area (Å²) in [7, 11) is 0. The average Bonchev–Trinajstić information content (AvgIpc) is 1.87. The number of carboxylic acid groups (broad SMARTS) is 1. The first-order valence-electron chi connectivity index (χ1n) is 3.36. The van der Waals surface area contributed by atoms with Gasteiger partial charge in [0.25, 0.3) is 0 Å². The van der Waals surface area contributed by atoms with E-state index >= 15 is 0 Å². The van der Waals surface area contributed by atoms with Crippen molar-refractivity contribution in [3.8, 4) is 0 Å². The van der Waals surface area contributed by atoms with Crippen molar-refractivity contribution in [2.24, 2.45) is 0 Å². The summed E-state index contributed by atoms with van der Waals surface area (Å²) in [6.07, 6.45) is 0. The first kappa shape index (κ1) is 19.9. The van der Waals surface area contributed by atoms with Gasteiger partial charge in [-0.25, -0.2) is 0 Å². The number of aliphatic hydroxyl groups is 2. The van der Waals surface area contributed by atoms with Crippen molar-refractivity contribution in [2.75, 3.05) is 32.8 Å². The van der Waals surface area contributed by atoms with Crippen LogP contribution >= 0.6 is 0 Å². The van der Waals surface area contributed by atoms with Gasteiger partial charge in [-0.3, -0.25) is 9.69 Å². The fraction of sp³-hybridized carbons (Fsp3) is 0.833. The van der Waals surface area contributed by atoms with E-state index in [1.54, 1.807) is 0 Å². The van der Waals surface area contributed by atoms with E-state index in [0.717, 1.165) is 0 Å². The number of rotatable bonds is 6. The molecule has 0 heterocycles. The summed E-state index contributed by atoms with van der Waals surface area (Å²) in [6.45, 7) is 0.251. The molecule has 3 N–H and O–H groups in total. The summed E-state index contributed by atoms with van der Waals surface area (Å²) in [4.78, 5) is 11.6. The topological polar surface area (TPSA) is 81.0 Å². The first-order chi connectivity index (χ1) is 5.20. The number of aliphatic hydroxyl groups excluding tert-OH is 2. The Morgan fingerprint density at radius 3 is 1.77 bits per heavy atom. The van der Waals surface area contributed by atoms with Crippen LogP contribution in [0.2, 0.25) is 0 Å². The Morgan fingerprint density at radius 1 is 1.15 bits per heavy atom. The summed E-state index contributed by atoms with van der Waals surface area (Å²) in [5.41, 5.74) is 0. The standard InChI is InChI=1S/C6H13NO4.2Na.2H/c8-3-1-7(2-4-9)5-6(10)11;;;;/h8-9H,1-5H2,(H,10,11);;;;/q;2*+1;2*-1. The van der Waals surface area contributed by atoms with Crippen LogP contribution in [-0.4, -0.2) is 59.0 Å². The van der Waals surface area contributed by atoms with Crippen molar-refractivity contribution in [1.82, 2.24) is 4.90 Å². The number of hydrogen-bond donors (Lipinski definition) is 3. The molecule has 13 heavy (non-hydrogen) atoms. The van der Waals surface area contributed by atoms with E-state index in [1.165, 1.54) is 4.90 Å². The Morgan fingerprint density at radius 2 is 1.54 bits per heavy atom. The molecule has 0 atom stereocenters. The van der Waals surface area contributed by atoms with Crippen LogP contribution in [0.1, 0.15) is 2.85 Å². The van der Waals surface area contributed by atoms with Gasteiger partial charge in [-0.15, -0.1) is 0 Å². The van der Waals surface area contributed by atoms with E-state index in [2.05, 4.69) is 0 Å². The number of hydrogen-bond acceptors (Lipinski definition) is 4. The third-order valence-corrected chi connectivity index (χ3v) is 1.19. The fourth-order valence-electron chi connectivity index (χ4n) is 0.744. The van der Waals surface area contributed by atoms with Crippen LogP contribution in [0.25, 0.3) is 0 Å². The molecule has 0 aliphatic heterocycles. The third kappa shape index (κ3) is 13.3. The number of nitrogens with zero attached hydrogens (tertiary/aromatic N) is 1. The SMILES string of the molecule is O=C(O)CN(CCO)CCO.[H-].[H-].[Na+].[Na+]. The molecule has 0 aromatic carbocycles. The summed E-state index contributed by atoms with van der Waals surface area (Å²) >= 11 is 0. The summed E-state index contributed by atoms with van der Waals surface area (Å²) in [6, 6.07) is 0. The zero-order valence-electron chi connectivity index (χ0n) is 10.2. The molecule has 0 amide bonds. The molecule has 0 saturated heterocycles. The molecule has 0 aliphatic rings. The van der Waals surface area contributed by atoms with Gasteiger partial charge < -0.3 is 18.2 Å². The summed E-state index contributed by atoms with van der Waals surface area (Å²) in [5, 5.41) is 25.3. The average molecular weight is 211 g/mol. The van der Waals surface area contributed by atoms with Gasteiger partial charge in [-0.1, -0.05) is 0 Å². The molecule has 0 aromatic heterocycles. The van der Waals surface area contributed by atoms with E-state index in [4.69, 9.17) is 15.3 Å². The van der Waals surface area contributed by atoms with Crippen LogP contribution in [0.5, 0.6) is 0 Å². The normalized spacial score (nSPS) is 8.85.